The number of H-pyrrole nitrogens is 1. The molecule has 4 rings (SSSR count). The number of benzene rings is 1. The highest BCUT2D eigenvalue weighted by Crippen LogP contribution is 2.32. The summed E-state index contributed by atoms with van der Waals surface area (Å²) in [6.45, 7) is 7.96. The number of likely N-dealkylation sites (tertiary alicyclic amines) is 1. The van der Waals surface area contributed by atoms with Crippen molar-refractivity contribution in [2.75, 3.05) is 13.1 Å². The maximum absolute atomic E-state index is 13.3. The maximum atomic E-state index is 13.3. The summed E-state index contributed by atoms with van der Waals surface area (Å²) < 4.78 is 5.75. The second kappa shape index (κ2) is 7.30. The minimum absolute atomic E-state index is 0.0163. The Morgan fingerprint density at radius 1 is 1.32 bits per heavy atom. The van der Waals surface area contributed by atoms with Crippen molar-refractivity contribution in [3.8, 4) is 11.1 Å². The molecule has 1 aliphatic rings. The van der Waals surface area contributed by atoms with Gasteiger partial charge < -0.3 is 14.3 Å². The summed E-state index contributed by atoms with van der Waals surface area (Å²) in [5, 5.41) is 0.773. The first-order chi connectivity index (χ1) is 13.5. The molecule has 1 aromatic carbocycles. The molecule has 0 bridgehead atoms. The van der Waals surface area contributed by atoms with Gasteiger partial charge in [0.2, 0.25) is 0 Å². The normalized spacial score (nSPS) is 17.4. The third-order valence-corrected chi connectivity index (χ3v) is 5.91. The van der Waals surface area contributed by atoms with Gasteiger partial charge in [-0.05, 0) is 67.0 Å². The molecule has 0 radical (unpaired) electrons. The van der Waals surface area contributed by atoms with Crippen molar-refractivity contribution in [1.29, 1.82) is 0 Å². The van der Waals surface area contributed by atoms with E-state index in [9.17, 15) is 9.59 Å². The number of fused-ring (bicyclic) bond motifs is 1. The van der Waals surface area contributed by atoms with Crippen LogP contribution in [0.4, 0.5) is 0 Å². The number of pyridine rings is 1. The molecular formula is C23H26N2O3. The number of aryl methyl sites for hydroxylation is 1. The van der Waals surface area contributed by atoms with Crippen molar-refractivity contribution in [2.24, 2.45) is 11.8 Å². The van der Waals surface area contributed by atoms with Crippen LogP contribution in [-0.2, 0) is 0 Å². The number of hydrogen-bond acceptors (Lipinski definition) is 3. The average Bonchev–Trinajstić information content (AvgIpc) is 3.12. The average molecular weight is 378 g/mol. The van der Waals surface area contributed by atoms with E-state index in [2.05, 4.69) is 18.8 Å². The largest absolute Gasteiger partial charge is 0.463 e. The van der Waals surface area contributed by atoms with Gasteiger partial charge in [-0.3, -0.25) is 9.59 Å². The molecule has 1 amide bonds. The van der Waals surface area contributed by atoms with Crippen molar-refractivity contribution in [1.82, 2.24) is 9.88 Å². The minimum atomic E-state index is -0.145. The molecular weight excluding hydrogens is 352 g/mol. The van der Waals surface area contributed by atoms with Crippen LogP contribution in [0.15, 0.2) is 45.9 Å². The van der Waals surface area contributed by atoms with E-state index < -0.39 is 0 Å². The van der Waals surface area contributed by atoms with E-state index in [0.717, 1.165) is 36.0 Å². The summed E-state index contributed by atoms with van der Waals surface area (Å²) in [4.78, 5) is 30.1. The highest BCUT2D eigenvalue weighted by atomic mass is 16.3. The van der Waals surface area contributed by atoms with Crippen LogP contribution < -0.4 is 5.56 Å². The standard InChI is InChI=1S/C23H26N2O3/c1-14(2)16-6-5-9-25(12-16)23(27)20-13-28-21-15(3)10-17(11-19(20)21)18-7-4-8-24-22(18)26/h4,7-8,10-11,13-14,16H,5-6,9,12H2,1-3H3,(H,24,26). The number of hydrogen-bond donors (Lipinski definition) is 1. The summed E-state index contributed by atoms with van der Waals surface area (Å²) in [6, 6.07) is 7.42. The van der Waals surface area contributed by atoms with Crippen LogP contribution in [0, 0.1) is 18.8 Å². The molecule has 1 N–H and O–H groups in total. The topological polar surface area (TPSA) is 66.3 Å². The quantitative estimate of drug-likeness (QED) is 0.724. The van der Waals surface area contributed by atoms with E-state index in [1.165, 1.54) is 6.42 Å². The summed E-state index contributed by atoms with van der Waals surface area (Å²) >= 11 is 0. The molecule has 0 saturated carbocycles. The number of amides is 1. The Balaban J connectivity index is 1.75. The van der Waals surface area contributed by atoms with E-state index in [1.54, 1.807) is 24.6 Å². The fourth-order valence-corrected chi connectivity index (χ4v) is 4.19. The first-order valence-electron chi connectivity index (χ1n) is 9.95. The third kappa shape index (κ3) is 3.26. The van der Waals surface area contributed by atoms with Crippen LogP contribution in [0.2, 0.25) is 0 Å². The predicted octanol–water partition coefficient (Wildman–Crippen LogP) is 4.60. The first-order valence-corrected chi connectivity index (χ1v) is 9.95. The molecule has 0 aliphatic carbocycles. The Kier molecular flexibility index (Phi) is 4.84. The second-order valence-corrected chi connectivity index (χ2v) is 8.13. The van der Waals surface area contributed by atoms with E-state index in [0.29, 0.717) is 28.5 Å². The predicted molar refractivity (Wildman–Crippen MR) is 110 cm³/mol. The lowest BCUT2D eigenvalue weighted by atomic mass is 9.87. The van der Waals surface area contributed by atoms with Crippen LogP contribution in [-0.4, -0.2) is 28.9 Å². The van der Waals surface area contributed by atoms with Gasteiger partial charge in [-0.1, -0.05) is 13.8 Å². The number of nitrogens with one attached hydrogen (secondary N) is 1. The molecule has 5 nitrogen and oxygen atoms in total. The zero-order valence-electron chi connectivity index (χ0n) is 16.6. The van der Waals surface area contributed by atoms with Gasteiger partial charge in [0.05, 0.1) is 5.56 Å². The molecule has 3 heterocycles. The molecule has 0 spiro atoms. The molecule has 1 unspecified atom stereocenters. The number of aromatic nitrogens is 1. The Morgan fingerprint density at radius 3 is 2.89 bits per heavy atom. The van der Waals surface area contributed by atoms with Crippen LogP contribution >= 0.6 is 0 Å². The zero-order valence-corrected chi connectivity index (χ0v) is 16.6. The van der Waals surface area contributed by atoms with E-state index >= 15 is 0 Å². The molecule has 1 fully saturated rings. The molecule has 1 saturated heterocycles. The van der Waals surface area contributed by atoms with Gasteiger partial charge in [-0.15, -0.1) is 0 Å². The highest BCUT2D eigenvalue weighted by molar-refractivity contribution is 6.07. The van der Waals surface area contributed by atoms with E-state index in [4.69, 9.17) is 4.42 Å². The van der Waals surface area contributed by atoms with Crippen molar-refractivity contribution in [3.63, 3.8) is 0 Å². The van der Waals surface area contributed by atoms with Crippen LogP contribution in [0.25, 0.3) is 22.1 Å². The third-order valence-electron chi connectivity index (χ3n) is 5.91. The summed E-state index contributed by atoms with van der Waals surface area (Å²) in [5.74, 6) is 1.12. The van der Waals surface area contributed by atoms with Gasteiger partial charge in [0.25, 0.3) is 11.5 Å². The Morgan fingerprint density at radius 2 is 2.14 bits per heavy atom. The summed E-state index contributed by atoms with van der Waals surface area (Å²) in [6.07, 6.45) is 5.39. The Labute approximate surface area is 164 Å². The minimum Gasteiger partial charge on any atom is -0.463 e. The lowest BCUT2D eigenvalue weighted by molar-refractivity contribution is 0.0642. The van der Waals surface area contributed by atoms with E-state index in [-0.39, 0.29) is 11.5 Å². The lowest BCUT2D eigenvalue weighted by Crippen LogP contribution is -2.41. The Bertz CT molecular complexity index is 1080. The van der Waals surface area contributed by atoms with Gasteiger partial charge in [-0.25, -0.2) is 0 Å². The number of furan rings is 1. The molecule has 28 heavy (non-hydrogen) atoms. The van der Waals surface area contributed by atoms with Gasteiger partial charge in [0.1, 0.15) is 11.8 Å². The molecule has 3 aromatic rings. The summed E-state index contributed by atoms with van der Waals surface area (Å²) in [5.41, 5.74) is 3.43. The second-order valence-electron chi connectivity index (χ2n) is 8.13. The van der Waals surface area contributed by atoms with Crippen molar-refractivity contribution >= 4 is 16.9 Å². The number of nitrogens with zero attached hydrogens (tertiary/aromatic N) is 1. The number of aromatic amines is 1. The number of carbonyl (C=O) groups is 1. The SMILES string of the molecule is Cc1cc(-c2ccc[nH]c2=O)cc2c(C(=O)N3CCCC(C(C)C)C3)coc12. The van der Waals surface area contributed by atoms with Gasteiger partial charge in [0.15, 0.2) is 0 Å². The molecule has 2 aromatic heterocycles. The van der Waals surface area contributed by atoms with Gasteiger partial charge >= 0.3 is 0 Å². The summed E-state index contributed by atoms with van der Waals surface area (Å²) in [7, 11) is 0. The van der Waals surface area contributed by atoms with Crippen molar-refractivity contribution < 1.29 is 9.21 Å². The fourth-order valence-electron chi connectivity index (χ4n) is 4.19. The zero-order chi connectivity index (χ0) is 19.8. The highest BCUT2D eigenvalue weighted by Gasteiger charge is 2.28. The smallest absolute Gasteiger partial charge is 0.257 e. The Hall–Kier alpha value is -2.82. The van der Waals surface area contributed by atoms with Crippen LogP contribution in [0.5, 0.6) is 0 Å². The maximum Gasteiger partial charge on any atom is 0.257 e. The van der Waals surface area contributed by atoms with Crippen molar-refractivity contribution in [2.45, 2.75) is 33.6 Å². The fraction of sp³-hybridized carbons (Fsp3) is 0.391. The lowest BCUT2D eigenvalue weighted by Gasteiger charge is -2.34. The molecule has 1 aliphatic heterocycles. The number of piperidine rings is 1. The number of carbonyl (C=O) groups excluding carboxylic acids is 1. The molecule has 5 heteroatoms. The monoisotopic (exact) mass is 378 g/mol. The molecule has 146 valence electrons. The van der Waals surface area contributed by atoms with Crippen molar-refractivity contribution in [3.05, 3.63) is 58.2 Å². The first kappa shape index (κ1) is 18.5. The number of rotatable bonds is 3. The van der Waals surface area contributed by atoms with Crippen LogP contribution in [0.1, 0.15) is 42.6 Å². The van der Waals surface area contributed by atoms with Crippen LogP contribution in [0.3, 0.4) is 0 Å². The van der Waals surface area contributed by atoms with Gasteiger partial charge in [0, 0.05) is 30.2 Å². The molecule has 1 atom stereocenters. The van der Waals surface area contributed by atoms with Gasteiger partial charge in [-0.2, -0.15) is 0 Å². The van der Waals surface area contributed by atoms with E-state index in [1.807, 2.05) is 24.0 Å².